The van der Waals surface area contributed by atoms with Gasteiger partial charge in [0, 0.05) is 47.0 Å². The highest BCUT2D eigenvalue weighted by atomic mass is 16.5. The third-order valence-electron chi connectivity index (χ3n) is 5.60. The molecule has 146 valence electrons. The van der Waals surface area contributed by atoms with Crippen LogP contribution < -0.4 is 5.32 Å². The topological polar surface area (TPSA) is 46.1 Å². The van der Waals surface area contributed by atoms with Crippen LogP contribution >= 0.6 is 0 Å². The predicted octanol–water partition coefficient (Wildman–Crippen LogP) is 3.44. The predicted molar refractivity (Wildman–Crippen MR) is 104 cm³/mol. The molecule has 25 heavy (non-hydrogen) atoms. The SMILES string of the molecule is CN=C(NCCCC1CCCCC1)N1CCC(OCCCOC)CC1. The zero-order chi connectivity index (χ0) is 17.7. The van der Waals surface area contributed by atoms with Gasteiger partial charge in [-0.1, -0.05) is 32.1 Å². The molecule has 2 fully saturated rings. The van der Waals surface area contributed by atoms with Crippen molar-refractivity contribution in [2.24, 2.45) is 10.9 Å². The Bertz CT molecular complexity index is 362. The molecule has 0 unspecified atom stereocenters. The van der Waals surface area contributed by atoms with E-state index < -0.39 is 0 Å². The van der Waals surface area contributed by atoms with Crippen LogP contribution in [0, 0.1) is 5.92 Å². The quantitative estimate of drug-likeness (QED) is 0.392. The number of aliphatic imine (C=N–C) groups is 1. The number of piperidine rings is 1. The number of ether oxygens (including phenoxy) is 2. The minimum Gasteiger partial charge on any atom is -0.385 e. The Morgan fingerprint density at radius 2 is 1.80 bits per heavy atom. The second-order valence-electron chi connectivity index (χ2n) is 7.52. The fraction of sp³-hybridized carbons (Fsp3) is 0.950. The fourth-order valence-electron chi connectivity index (χ4n) is 4.09. The number of guanidine groups is 1. The van der Waals surface area contributed by atoms with Crippen LogP contribution in [0.2, 0.25) is 0 Å². The van der Waals surface area contributed by atoms with Crippen molar-refractivity contribution in [1.82, 2.24) is 10.2 Å². The van der Waals surface area contributed by atoms with Gasteiger partial charge in [-0.3, -0.25) is 4.99 Å². The Hall–Kier alpha value is -0.810. The summed E-state index contributed by atoms with van der Waals surface area (Å²) < 4.78 is 11.0. The summed E-state index contributed by atoms with van der Waals surface area (Å²) in [5.41, 5.74) is 0. The molecule has 0 aromatic rings. The molecule has 0 aromatic carbocycles. The summed E-state index contributed by atoms with van der Waals surface area (Å²) in [6, 6.07) is 0. The summed E-state index contributed by atoms with van der Waals surface area (Å²) >= 11 is 0. The summed E-state index contributed by atoms with van der Waals surface area (Å²) in [5, 5.41) is 3.57. The summed E-state index contributed by atoms with van der Waals surface area (Å²) in [5.74, 6) is 2.05. The molecular formula is C20H39N3O2. The molecule has 0 bridgehead atoms. The van der Waals surface area contributed by atoms with Gasteiger partial charge >= 0.3 is 0 Å². The first-order valence-corrected chi connectivity index (χ1v) is 10.4. The Morgan fingerprint density at radius 3 is 2.48 bits per heavy atom. The first kappa shape index (κ1) is 20.5. The molecule has 0 aromatic heterocycles. The molecule has 0 atom stereocenters. The lowest BCUT2D eigenvalue weighted by Gasteiger charge is -2.34. The smallest absolute Gasteiger partial charge is 0.193 e. The average molecular weight is 354 g/mol. The van der Waals surface area contributed by atoms with Crippen molar-refractivity contribution in [3.05, 3.63) is 0 Å². The molecule has 5 heteroatoms. The maximum absolute atomic E-state index is 5.95. The van der Waals surface area contributed by atoms with Crippen molar-refractivity contribution in [3.8, 4) is 0 Å². The molecule has 2 rings (SSSR count). The zero-order valence-corrected chi connectivity index (χ0v) is 16.5. The molecule has 5 nitrogen and oxygen atoms in total. The molecule has 2 aliphatic rings. The zero-order valence-electron chi connectivity index (χ0n) is 16.5. The minimum atomic E-state index is 0.400. The van der Waals surface area contributed by atoms with Gasteiger partial charge in [-0.15, -0.1) is 0 Å². The van der Waals surface area contributed by atoms with Crippen molar-refractivity contribution in [2.45, 2.75) is 70.3 Å². The lowest BCUT2D eigenvalue weighted by atomic mass is 9.86. The summed E-state index contributed by atoms with van der Waals surface area (Å²) in [7, 11) is 3.64. The van der Waals surface area contributed by atoms with Gasteiger partial charge in [0.1, 0.15) is 0 Å². The van der Waals surface area contributed by atoms with Crippen molar-refractivity contribution in [2.75, 3.05) is 47.0 Å². The van der Waals surface area contributed by atoms with E-state index in [1.165, 1.54) is 44.9 Å². The first-order chi connectivity index (χ1) is 12.3. The highest BCUT2D eigenvalue weighted by Crippen LogP contribution is 2.27. The van der Waals surface area contributed by atoms with E-state index in [1.807, 2.05) is 7.05 Å². The molecule has 1 aliphatic carbocycles. The van der Waals surface area contributed by atoms with Gasteiger partial charge in [-0.2, -0.15) is 0 Å². The lowest BCUT2D eigenvalue weighted by Crippen LogP contribution is -2.47. The van der Waals surface area contributed by atoms with Crippen molar-refractivity contribution in [1.29, 1.82) is 0 Å². The van der Waals surface area contributed by atoms with Gasteiger partial charge < -0.3 is 19.7 Å². The number of rotatable bonds is 9. The molecule has 1 saturated heterocycles. The molecule has 1 heterocycles. The maximum atomic E-state index is 5.95. The fourth-order valence-corrected chi connectivity index (χ4v) is 4.09. The number of likely N-dealkylation sites (tertiary alicyclic amines) is 1. The third-order valence-corrected chi connectivity index (χ3v) is 5.60. The van der Waals surface area contributed by atoms with Crippen LogP contribution in [0.15, 0.2) is 4.99 Å². The van der Waals surface area contributed by atoms with Gasteiger partial charge in [0.2, 0.25) is 0 Å². The van der Waals surface area contributed by atoms with E-state index in [4.69, 9.17) is 9.47 Å². The Morgan fingerprint density at radius 1 is 1.04 bits per heavy atom. The van der Waals surface area contributed by atoms with Gasteiger partial charge in [-0.05, 0) is 38.0 Å². The van der Waals surface area contributed by atoms with Crippen LogP contribution in [0.5, 0.6) is 0 Å². The normalized spacial score (nSPS) is 20.9. The molecular weight excluding hydrogens is 314 g/mol. The van der Waals surface area contributed by atoms with Gasteiger partial charge in [-0.25, -0.2) is 0 Å². The number of nitrogens with zero attached hydrogens (tertiary/aromatic N) is 2. The Kier molecular flexibility index (Phi) is 10.3. The van der Waals surface area contributed by atoms with E-state index in [0.29, 0.717) is 6.10 Å². The van der Waals surface area contributed by atoms with Crippen LogP contribution in [0.1, 0.15) is 64.2 Å². The van der Waals surface area contributed by atoms with E-state index in [0.717, 1.165) is 64.0 Å². The van der Waals surface area contributed by atoms with Crippen molar-refractivity contribution < 1.29 is 9.47 Å². The summed E-state index contributed by atoms with van der Waals surface area (Å²) in [4.78, 5) is 6.87. The largest absolute Gasteiger partial charge is 0.385 e. The highest BCUT2D eigenvalue weighted by molar-refractivity contribution is 5.79. The van der Waals surface area contributed by atoms with Gasteiger partial charge in [0.25, 0.3) is 0 Å². The molecule has 1 aliphatic heterocycles. The number of hydrogen-bond acceptors (Lipinski definition) is 3. The maximum Gasteiger partial charge on any atom is 0.193 e. The van der Waals surface area contributed by atoms with E-state index in [1.54, 1.807) is 7.11 Å². The van der Waals surface area contributed by atoms with Crippen molar-refractivity contribution >= 4 is 5.96 Å². The minimum absolute atomic E-state index is 0.400. The van der Waals surface area contributed by atoms with E-state index in [2.05, 4.69) is 15.2 Å². The second kappa shape index (κ2) is 12.5. The second-order valence-corrected chi connectivity index (χ2v) is 7.52. The van der Waals surface area contributed by atoms with E-state index in [9.17, 15) is 0 Å². The van der Waals surface area contributed by atoms with Crippen LogP contribution in [0.25, 0.3) is 0 Å². The van der Waals surface area contributed by atoms with Crippen molar-refractivity contribution in [3.63, 3.8) is 0 Å². The molecule has 1 saturated carbocycles. The van der Waals surface area contributed by atoms with Gasteiger partial charge in [0.15, 0.2) is 5.96 Å². The van der Waals surface area contributed by atoms with E-state index >= 15 is 0 Å². The number of hydrogen-bond donors (Lipinski definition) is 1. The highest BCUT2D eigenvalue weighted by Gasteiger charge is 2.21. The monoisotopic (exact) mass is 353 g/mol. The molecule has 1 N–H and O–H groups in total. The third kappa shape index (κ3) is 7.95. The number of nitrogens with one attached hydrogen (secondary N) is 1. The molecule has 0 amide bonds. The standard InChI is InChI=1S/C20H39N3O2/c1-21-20(22-13-6-10-18-8-4-3-5-9-18)23-14-11-19(12-15-23)25-17-7-16-24-2/h18-19H,3-17H2,1-2H3,(H,21,22). The Labute approximate surface area is 154 Å². The van der Waals surface area contributed by atoms with Crippen LogP contribution in [-0.4, -0.2) is 64.0 Å². The van der Waals surface area contributed by atoms with Crippen LogP contribution in [0.4, 0.5) is 0 Å². The van der Waals surface area contributed by atoms with Gasteiger partial charge in [0.05, 0.1) is 6.10 Å². The average Bonchev–Trinajstić information content (AvgIpc) is 2.67. The molecule has 0 spiro atoms. The lowest BCUT2D eigenvalue weighted by molar-refractivity contribution is 0.00991. The van der Waals surface area contributed by atoms with E-state index in [-0.39, 0.29) is 0 Å². The van der Waals surface area contributed by atoms with Crippen LogP contribution in [-0.2, 0) is 9.47 Å². The molecule has 0 radical (unpaired) electrons. The Balaban J connectivity index is 1.56. The number of methoxy groups -OCH3 is 1. The first-order valence-electron chi connectivity index (χ1n) is 10.4. The summed E-state index contributed by atoms with van der Waals surface area (Å²) in [6.07, 6.45) is 13.5. The summed E-state index contributed by atoms with van der Waals surface area (Å²) in [6.45, 7) is 4.73. The van der Waals surface area contributed by atoms with Crippen LogP contribution in [0.3, 0.4) is 0 Å².